The molecule has 10 heteroatoms. The predicted molar refractivity (Wildman–Crippen MR) is 116 cm³/mol. The van der Waals surface area contributed by atoms with Crippen LogP contribution in [0.1, 0.15) is 58.1 Å². The Kier molecular flexibility index (Phi) is 9.24. The molecule has 2 N–H and O–H groups in total. The number of sulfonamides is 1. The molecule has 0 bridgehead atoms. The van der Waals surface area contributed by atoms with Crippen molar-refractivity contribution in [3.05, 3.63) is 29.6 Å². The lowest BCUT2D eigenvalue weighted by atomic mass is 10.1. The molecule has 1 aromatic carbocycles. The van der Waals surface area contributed by atoms with Gasteiger partial charge >= 0.3 is 6.03 Å². The summed E-state index contributed by atoms with van der Waals surface area (Å²) in [6.07, 6.45) is 2.02. The minimum Gasteiger partial charge on any atom is -0.490 e. The molecule has 2 rings (SSSR count). The molecule has 1 saturated heterocycles. The summed E-state index contributed by atoms with van der Waals surface area (Å²) in [4.78, 5) is 24.4. The van der Waals surface area contributed by atoms with Gasteiger partial charge in [-0.2, -0.15) is 0 Å². The van der Waals surface area contributed by atoms with Gasteiger partial charge in [0.05, 0.1) is 12.4 Å². The zero-order chi connectivity index (χ0) is 23.0. The van der Waals surface area contributed by atoms with Crippen molar-refractivity contribution in [2.45, 2.75) is 52.5 Å². The Balaban J connectivity index is 1.78. The Hall–Kier alpha value is -2.20. The lowest BCUT2D eigenvalue weighted by Gasteiger charge is -2.26. The summed E-state index contributed by atoms with van der Waals surface area (Å²) in [6.45, 7) is 6.87. The van der Waals surface area contributed by atoms with Crippen LogP contribution in [-0.2, 0) is 14.8 Å². The van der Waals surface area contributed by atoms with Gasteiger partial charge in [-0.3, -0.25) is 10.1 Å². The number of urea groups is 1. The monoisotopic (exact) mass is 457 g/mol. The average molecular weight is 458 g/mol. The van der Waals surface area contributed by atoms with Gasteiger partial charge in [-0.25, -0.2) is 22.3 Å². The SMILES string of the molecule is CC(C)COc1cc(C(C)NS(=O)(=O)CCCCCN2CCC(=O)NC2=O)ccc1F. The molecule has 0 saturated carbocycles. The smallest absolute Gasteiger partial charge is 0.324 e. The maximum absolute atomic E-state index is 13.9. The average Bonchev–Trinajstić information content (AvgIpc) is 2.68. The minimum absolute atomic E-state index is 0.0417. The third-order valence-electron chi connectivity index (χ3n) is 4.87. The first-order chi connectivity index (χ1) is 14.6. The molecule has 1 atom stereocenters. The summed E-state index contributed by atoms with van der Waals surface area (Å²) in [5, 5.41) is 2.26. The normalized spacial score (nSPS) is 15.8. The molecule has 0 aromatic heterocycles. The van der Waals surface area contributed by atoms with Crippen LogP contribution >= 0.6 is 0 Å². The zero-order valence-electron chi connectivity index (χ0n) is 18.3. The summed E-state index contributed by atoms with van der Waals surface area (Å²) in [5.41, 5.74) is 0.620. The van der Waals surface area contributed by atoms with Crippen LogP contribution in [0.15, 0.2) is 18.2 Å². The van der Waals surface area contributed by atoms with Gasteiger partial charge in [-0.1, -0.05) is 26.3 Å². The van der Waals surface area contributed by atoms with Crippen molar-refractivity contribution >= 4 is 22.0 Å². The van der Waals surface area contributed by atoms with Crippen LogP contribution < -0.4 is 14.8 Å². The van der Waals surface area contributed by atoms with Gasteiger partial charge in [0.25, 0.3) is 0 Å². The Morgan fingerprint density at radius 2 is 1.94 bits per heavy atom. The van der Waals surface area contributed by atoms with E-state index in [1.54, 1.807) is 17.9 Å². The molecule has 3 amide bonds. The maximum Gasteiger partial charge on any atom is 0.324 e. The number of hydrogen-bond acceptors (Lipinski definition) is 5. The lowest BCUT2D eigenvalue weighted by Crippen LogP contribution is -2.49. The Bertz CT molecular complexity index is 876. The van der Waals surface area contributed by atoms with Crippen molar-refractivity contribution in [2.75, 3.05) is 25.4 Å². The summed E-state index contributed by atoms with van der Waals surface area (Å²) < 4.78 is 46.8. The number of rotatable bonds is 12. The number of nitrogens with one attached hydrogen (secondary N) is 2. The van der Waals surface area contributed by atoms with Crippen molar-refractivity contribution < 1.29 is 27.1 Å². The van der Waals surface area contributed by atoms with Gasteiger partial charge in [0.1, 0.15) is 0 Å². The number of nitrogens with zero attached hydrogens (tertiary/aromatic N) is 1. The second-order valence-corrected chi connectivity index (χ2v) is 10.1. The molecule has 8 nitrogen and oxygen atoms in total. The number of benzene rings is 1. The lowest BCUT2D eigenvalue weighted by molar-refractivity contribution is -0.121. The van der Waals surface area contributed by atoms with Crippen molar-refractivity contribution in [3.8, 4) is 5.75 Å². The second-order valence-electron chi connectivity index (χ2n) is 8.20. The van der Waals surface area contributed by atoms with Crippen LogP contribution in [0.5, 0.6) is 5.75 Å². The number of amides is 3. The van der Waals surface area contributed by atoms with Crippen molar-refractivity contribution in [3.63, 3.8) is 0 Å². The fourth-order valence-corrected chi connectivity index (χ4v) is 4.51. The fourth-order valence-electron chi connectivity index (χ4n) is 3.14. The van der Waals surface area contributed by atoms with Crippen molar-refractivity contribution in [1.29, 1.82) is 0 Å². The summed E-state index contributed by atoms with van der Waals surface area (Å²) in [7, 11) is -3.52. The largest absolute Gasteiger partial charge is 0.490 e. The molecule has 1 unspecified atom stereocenters. The molecular weight excluding hydrogens is 425 g/mol. The van der Waals surface area contributed by atoms with E-state index in [9.17, 15) is 22.4 Å². The number of carbonyl (C=O) groups is 2. The van der Waals surface area contributed by atoms with E-state index in [1.165, 1.54) is 12.1 Å². The number of halogens is 1. The standard InChI is InChI=1S/C21H32FN3O5S/c1-15(2)14-30-19-13-17(7-8-18(19)22)16(3)24-31(28,29)12-6-4-5-10-25-11-9-20(26)23-21(25)27/h7-8,13,15-16,24H,4-6,9-12,14H2,1-3H3,(H,23,26,27). The molecule has 1 fully saturated rings. The Morgan fingerprint density at radius 3 is 2.61 bits per heavy atom. The van der Waals surface area contributed by atoms with Crippen LogP contribution in [0.25, 0.3) is 0 Å². The second kappa shape index (κ2) is 11.4. The highest BCUT2D eigenvalue weighted by molar-refractivity contribution is 7.89. The molecule has 0 radical (unpaired) electrons. The number of ether oxygens (including phenoxy) is 1. The highest BCUT2D eigenvalue weighted by Crippen LogP contribution is 2.24. The maximum atomic E-state index is 13.9. The highest BCUT2D eigenvalue weighted by Gasteiger charge is 2.22. The van der Waals surface area contributed by atoms with Crippen LogP contribution in [0.2, 0.25) is 0 Å². The Labute approximate surface area is 183 Å². The van der Waals surface area contributed by atoms with Crippen molar-refractivity contribution in [2.24, 2.45) is 5.92 Å². The van der Waals surface area contributed by atoms with Crippen molar-refractivity contribution in [1.82, 2.24) is 14.9 Å². The molecule has 1 aliphatic heterocycles. The number of carbonyl (C=O) groups excluding carboxylic acids is 2. The van der Waals surface area contributed by atoms with Crippen LogP contribution in [0.3, 0.4) is 0 Å². The molecule has 174 valence electrons. The summed E-state index contributed by atoms with van der Waals surface area (Å²) in [5.74, 6) is -0.440. The first-order valence-electron chi connectivity index (χ1n) is 10.6. The van der Waals surface area contributed by atoms with E-state index in [0.29, 0.717) is 44.5 Å². The number of hydrogen-bond donors (Lipinski definition) is 2. The topological polar surface area (TPSA) is 105 Å². The molecule has 1 aliphatic rings. The van der Waals surface area contributed by atoms with Crippen LogP contribution in [-0.4, -0.2) is 50.7 Å². The van der Waals surface area contributed by atoms with E-state index in [4.69, 9.17) is 4.74 Å². The van der Waals surface area contributed by atoms with E-state index in [1.807, 2.05) is 13.8 Å². The first-order valence-corrected chi connectivity index (χ1v) is 12.2. The minimum atomic E-state index is -3.52. The molecule has 31 heavy (non-hydrogen) atoms. The molecule has 0 spiro atoms. The fraction of sp³-hybridized carbons (Fsp3) is 0.619. The van der Waals surface area contributed by atoms with E-state index in [0.717, 1.165) is 0 Å². The summed E-state index contributed by atoms with van der Waals surface area (Å²) in [6, 6.07) is 3.43. The van der Waals surface area contributed by atoms with E-state index < -0.39 is 27.9 Å². The van der Waals surface area contributed by atoms with Gasteiger partial charge in [0.15, 0.2) is 11.6 Å². The third-order valence-corrected chi connectivity index (χ3v) is 6.41. The van der Waals surface area contributed by atoms with Crippen LogP contribution in [0, 0.1) is 11.7 Å². The highest BCUT2D eigenvalue weighted by atomic mass is 32.2. The molecule has 0 aliphatic carbocycles. The quantitative estimate of drug-likeness (QED) is 0.470. The first kappa shape index (κ1) is 25.1. The number of unbranched alkanes of at least 4 members (excludes halogenated alkanes) is 2. The van der Waals surface area contributed by atoms with E-state index in [2.05, 4.69) is 10.0 Å². The van der Waals surface area contributed by atoms with Gasteiger partial charge in [0.2, 0.25) is 15.9 Å². The van der Waals surface area contributed by atoms with Gasteiger partial charge in [-0.15, -0.1) is 0 Å². The number of imide groups is 1. The van der Waals surface area contributed by atoms with Gasteiger partial charge in [0, 0.05) is 25.6 Å². The predicted octanol–water partition coefficient (Wildman–Crippen LogP) is 2.95. The van der Waals surface area contributed by atoms with Gasteiger partial charge < -0.3 is 9.64 Å². The summed E-state index contributed by atoms with van der Waals surface area (Å²) >= 11 is 0. The van der Waals surface area contributed by atoms with E-state index >= 15 is 0 Å². The molecule has 1 heterocycles. The van der Waals surface area contributed by atoms with Crippen LogP contribution in [0.4, 0.5) is 9.18 Å². The molecule has 1 aromatic rings. The van der Waals surface area contributed by atoms with Gasteiger partial charge in [-0.05, 0) is 43.4 Å². The zero-order valence-corrected chi connectivity index (χ0v) is 19.1. The molecular formula is C21H32FN3O5S. The Morgan fingerprint density at radius 1 is 1.19 bits per heavy atom. The third kappa shape index (κ3) is 8.45. The van der Waals surface area contributed by atoms with E-state index in [-0.39, 0.29) is 29.7 Å².